The second-order valence-corrected chi connectivity index (χ2v) is 4.21. The van der Waals surface area contributed by atoms with Crippen molar-refractivity contribution < 1.29 is 13.5 Å². The van der Waals surface area contributed by atoms with E-state index in [9.17, 15) is 8.78 Å². The number of hydrogen-bond acceptors (Lipinski definition) is 6. The topological polar surface area (TPSA) is 72.0 Å². The number of halogens is 2. The Labute approximate surface area is 120 Å². The van der Waals surface area contributed by atoms with Crippen LogP contribution in [0, 0.1) is 18.6 Å². The van der Waals surface area contributed by atoms with Gasteiger partial charge in [0.05, 0.1) is 12.8 Å². The zero-order valence-electron chi connectivity index (χ0n) is 11.9. The molecule has 0 amide bonds. The summed E-state index contributed by atoms with van der Waals surface area (Å²) in [5, 5.41) is 5.51. The first kappa shape index (κ1) is 14.9. The van der Waals surface area contributed by atoms with Gasteiger partial charge in [-0.15, -0.1) is 0 Å². The van der Waals surface area contributed by atoms with Crippen molar-refractivity contribution in [3.05, 3.63) is 29.3 Å². The van der Waals surface area contributed by atoms with Crippen LogP contribution in [0.15, 0.2) is 12.1 Å². The maximum absolute atomic E-state index is 13.8. The Bertz CT molecular complexity index is 651. The van der Waals surface area contributed by atoms with Crippen molar-refractivity contribution >= 4 is 17.6 Å². The Hall–Kier alpha value is -2.51. The Morgan fingerprint density at radius 1 is 1.10 bits per heavy atom. The van der Waals surface area contributed by atoms with Gasteiger partial charge in [0.15, 0.2) is 0 Å². The lowest BCUT2D eigenvalue weighted by atomic mass is 10.2. The van der Waals surface area contributed by atoms with E-state index in [-0.39, 0.29) is 29.2 Å². The molecule has 1 aromatic carbocycles. The molecular formula is C13H15F2N5O. The van der Waals surface area contributed by atoms with Crippen molar-refractivity contribution in [2.45, 2.75) is 13.8 Å². The fourth-order valence-electron chi connectivity index (χ4n) is 1.60. The van der Waals surface area contributed by atoms with Crippen LogP contribution in [-0.4, -0.2) is 28.6 Å². The van der Waals surface area contributed by atoms with Crippen LogP contribution < -0.4 is 15.4 Å². The highest BCUT2D eigenvalue weighted by Crippen LogP contribution is 2.22. The smallest absolute Gasteiger partial charge is 0.322 e. The maximum atomic E-state index is 13.8. The van der Waals surface area contributed by atoms with E-state index in [0.29, 0.717) is 6.54 Å². The van der Waals surface area contributed by atoms with Crippen LogP contribution in [0.4, 0.5) is 26.4 Å². The molecule has 0 radical (unpaired) electrons. The first-order valence-electron chi connectivity index (χ1n) is 6.30. The van der Waals surface area contributed by atoms with Gasteiger partial charge in [-0.1, -0.05) is 0 Å². The second-order valence-electron chi connectivity index (χ2n) is 4.21. The molecule has 6 nitrogen and oxygen atoms in total. The lowest BCUT2D eigenvalue weighted by Gasteiger charge is -2.10. The number of hydrogen-bond donors (Lipinski definition) is 2. The van der Waals surface area contributed by atoms with E-state index >= 15 is 0 Å². The van der Waals surface area contributed by atoms with Gasteiger partial charge in [-0.2, -0.15) is 15.0 Å². The summed E-state index contributed by atoms with van der Waals surface area (Å²) in [6.07, 6.45) is 0. The van der Waals surface area contributed by atoms with Crippen LogP contribution in [0.3, 0.4) is 0 Å². The summed E-state index contributed by atoms with van der Waals surface area (Å²) >= 11 is 0. The number of rotatable bonds is 5. The summed E-state index contributed by atoms with van der Waals surface area (Å²) < 4.78 is 32.3. The lowest BCUT2D eigenvalue weighted by Crippen LogP contribution is -2.08. The van der Waals surface area contributed by atoms with Gasteiger partial charge in [-0.25, -0.2) is 8.78 Å². The molecule has 0 aliphatic heterocycles. The summed E-state index contributed by atoms with van der Waals surface area (Å²) in [6, 6.07) is 2.21. The number of anilines is 3. The quantitative estimate of drug-likeness (QED) is 0.883. The molecule has 21 heavy (non-hydrogen) atoms. The fraction of sp³-hybridized carbons (Fsp3) is 0.308. The lowest BCUT2D eigenvalue weighted by molar-refractivity contribution is 0.379. The van der Waals surface area contributed by atoms with Gasteiger partial charge in [0, 0.05) is 12.6 Å². The van der Waals surface area contributed by atoms with E-state index in [2.05, 4.69) is 25.6 Å². The molecular weight excluding hydrogens is 280 g/mol. The van der Waals surface area contributed by atoms with Crippen molar-refractivity contribution in [1.29, 1.82) is 0 Å². The van der Waals surface area contributed by atoms with Gasteiger partial charge in [0.1, 0.15) is 11.6 Å². The zero-order valence-corrected chi connectivity index (χ0v) is 11.9. The van der Waals surface area contributed by atoms with E-state index in [0.717, 1.165) is 12.1 Å². The molecule has 1 aromatic heterocycles. The van der Waals surface area contributed by atoms with Gasteiger partial charge in [-0.3, -0.25) is 0 Å². The van der Waals surface area contributed by atoms with Crippen molar-refractivity contribution in [3.63, 3.8) is 0 Å². The van der Waals surface area contributed by atoms with Crippen molar-refractivity contribution in [2.75, 3.05) is 24.3 Å². The minimum absolute atomic E-state index is 0.0555. The van der Waals surface area contributed by atoms with Crippen LogP contribution in [0.5, 0.6) is 6.01 Å². The van der Waals surface area contributed by atoms with Crippen molar-refractivity contribution in [3.8, 4) is 6.01 Å². The third-order valence-corrected chi connectivity index (χ3v) is 2.63. The molecule has 1 heterocycles. The molecule has 0 aliphatic carbocycles. The Balaban J connectivity index is 2.34. The van der Waals surface area contributed by atoms with E-state index in [1.54, 1.807) is 0 Å². The highest BCUT2D eigenvalue weighted by Gasteiger charge is 2.11. The SMILES string of the molecule is CCNc1nc(Nc2cc(F)c(C)cc2F)nc(OC)n1. The number of ether oxygens (including phenoxy) is 1. The molecule has 0 unspecified atom stereocenters. The van der Waals surface area contributed by atoms with Crippen molar-refractivity contribution in [1.82, 2.24) is 15.0 Å². The average molecular weight is 295 g/mol. The summed E-state index contributed by atoms with van der Waals surface area (Å²) in [5.41, 5.74) is 0.161. The summed E-state index contributed by atoms with van der Waals surface area (Å²) in [6.45, 7) is 3.95. The first-order chi connectivity index (χ1) is 10.0. The predicted molar refractivity (Wildman–Crippen MR) is 74.9 cm³/mol. The summed E-state index contributed by atoms with van der Waals surface area (Å²) in [7, 11) is 1.40. The van der Waals surface area contributed by atoms with E-state index < -0.39 is 11.6 Å². The number of methoxy groups -OCH3 is 1. The number of nitrogens with zero attached hydrogens (tertiary/aromatic N) is 3. The van der Waals surface area contributed by atoms with Crippen LogP contribution in [-0.2, 0) is 0 Å². The first-order valence-corrected chi connectivity index (χ1v) is 6.30. The molecule has 0 bridgehead atoms. The largest absolute Gasteiger partial charge is 0.467 e. The van der Waals surface area contributed by atoms with Gasteiger partial charge in [-0.05, 0) is 25.5 Å². The van der Waals surface area contributed by atoms with Crippen LogP contribution in [0.25, 0.3) is 0 Å². The summed E-state index contributed by atoms with van der Waals surface area (Å²) in [4.78, 5) is 12.0. The van der Waals surface area contributed by atoms with Crippen LogP contribution in [0.2, 0.25) is 0 Å². The minimum atomic E-state index is -0.599. The van der Waals surface area contributed by atoms with E-state index in [1.807, 2.05) is 6.92 Å². The van der Waals surface area contributed by atoms with Crippen LogP contribution in [0.1, 0.15) is 12.5 Å². The standard InChI is InChI=1S/C13H15F2N5O/c1-4-16-11-18-12(20-13(19-11)21-3)17-10-6-8(14)7(2)5-9(10)15/h5-6H,4H2,1-3H3,(H2,16,17,18,19,20). The number of aromatic nitrogens is 3. The van der Waals surface area contributed by atoms with Gasteiger partial charge >= 0.3 is 6.01 Å². The molecule has 0 spiro atoms. The Morgan fingerprint density at radius 3 is 2.48 bits per heavy atom. The monoisotopic (exact) mass is 295 g/mol. The molecule has 112 valence electrons. The molecule has 0 atom stereocenters. The normalized spacial score (nSPS) is 10.3. The second kappa shape index (κ2) is 6.29. The molecule has 0 saturated heterocycles. The van der Waals surface area contributed by atoms with Crippen molar-refractivity contribution in [2.24, 2.45) is 0 Å². The Kier molecular flexibility index (Phi) is 4.46. The minimum Gasteiger partial charge on any atom is -0.467 e. The highest BCUT2D eigenvalue weighted by molar-refractivity contribution is 5.56. The maximum Gasteiger partial charge on any atom is 0.322 e. The van der Waals surface area contributed by atoms with E-state index in [4.69, 9.17) is 4.74 Å². The number of nitrogens with one attached hydrogen (secondary N) is 2. The molecule has 2 aromatic rings. The molecule has 0 saturated carbocycles. The summed E-state index contributed by atoms with van der Waals surface area (Å²) in [5.74, 6) is -0.787. The van der Waals surface area contributed by atoms with Gasteiger partial charge in [0.25, 0.3) is 0 Å². The molecule has 2 N–H and O–H groups in total. The third-order valence-electron chi connectivity index (χ3n) is 2.63. The van der Waals surface area contributed by atoms with Crippen LogP contribution >= 0.6 is 0 Å². The molecule has 0 fully saturated rings. The Morgan fingerprint density at radius 2 is 1.81 bits per heavy atom. The van der Waals surface area contributed by atoms with E-state index in [1.165, 1.54) is 14.0 Å². The number of benzene rings is 1. The average Bonchev–Trinajstić information content (AvgIpc) is 2.45. The third kappa shape index (κ3) is 3.53. The molecule has 0 aliphatic rings. The highest BCUT2D eigenvalue weighted by atomic mass is 19.1. The number of aryl methyl sites for hydroxylation is 1. The molecule has 8 heteroatoms. The van der Waals surface area contributed by atoms with Gasteiger partial charge in [0.2, 0.25) is 11.9 Å². The fourth-order valence-corrected chi connectivity index (χ4v) is 1.60. The van der Waals surface area contributed by atoms with Gasteiger partial charge < -0.3 is 15.4 Å². The molecule has 2 rings (SSSR count). The predicted octanol–water partition coefficient (Wildman–Crippen LogP) is 2.64. The zero-order chi connectivity index (χ0) is 15.4.